The molecular weight excluding hydrogens is 463 g/mol. The maximum atomic E-state index is 13.3. The summed E-state index contributed by atoms with van der Waals surface area (Å²) in [4.78, 5) is 13.2. The number of ether oxygens (including phenoxy) is 1. The molecule has 0 saturated heterocycles. The van der Waals surface area contributed by atoms with E-state index in [1.807, 2.05) is 83.9 Å². The number of hydrogen-bond donors (Lipinski definition) is 0. The zero-order chi connectivity index (χ0) is 24.4. The van der Waals surface area contributed by atoms with Crippen LogP contribution in [0, 0.1) is 5.82 Å². The molecule has 0 aliphatic carbocycles. The van der Waals surface area contributed by atoms with Gasteiger partial charge < -0.3 is 9.30 Å². The number of rotatable bonds is 8. The van der Waals surface area contributed by atoms with E-state index in [0.29, 0.717) is 22.3 Å². The van der Waals surface area contributed by atoms with Crippen molar-refractivity contribution in [3.63, 3.8) is 0 Å². The lowest BCUT2D eigenvalue weighted by molar-refractivity contribution is 0.102. The second-order valence-electron chi connectivity index (χ2n) is 8.11. The molecule has 0 aliphatic heterocycles. The molecule has 176 valence electrons. The molecule has 0 fully saturated rings. The van der Waals surface area contributed by atoms with Crippen LogP contribution in [0.1, 0.15) is 29.2 Å². The summed E-state index contributed by atoms with van der Waals surface area (Å²) in [5.74, 6) is 1.02. The van der Waals surface area contributed by atoms with Crippen LogP contribution in [0.15, 0.2) is 90.2 Å². The Morgan fingerprint density at radius 1 is 1.00 bits per heavy atom. The SMILES string of the molecule is CC(Oc1ccc(F)cc1)c1nnc(SCC(=O)c2cn(C)c3ccccc23)n1-c1ccccc1. The first kappa shape index (κ1) is 22.9. The summed E-state index contributed by atoms with van der Waals surface area (Å²) in [6.45, 7) is 1.86. The maximum Gasteiger partial charge on any atom is 0.196 e. The summed E-state index contributed by atoms with van der Waals surface area (Å²) >= 11 is 1.33. The van der Waals surface area contributed by atoms with Gasteiger partial charge in [0.25, 0.3) is 0 Å². The molecule has 2 aromatic heterocycles. The molecule has 1 unspecified atom stereocenters. The molecule has 5 aromatic rings. The molecule has 0 N–H and O–H groups in total. The molecule has 5 rings (SSSR count). The number of para-hydroxylation sites is 2. The van der Waals surface area contributed by atoms with Crippen molar-refractivity contribution in [1.29, 1.82) is 0 Å². The lowest BCUT2D eigenvalue weighted by Crippen LogP contribution is -2.12. The monoisotopic (exact) mass is 486 g/mol. The second-order valence-corrected chi connectivity index (χ2v) is 9.05. The summed E-state index contributed by atoms with van der Waals surface area (Å²) < 4.78 is 23.2. The van der Waals surface area contributed by atoms with Gasteiger partial charge in [0.1, 0.15) is 11.6 Å². The standard InChI is InChI=1S/C27H23FN4O2S/c1-18(34-21-14-12-19(28)13-15-21)26-29-30-27(32(26)20-8-4-3-5-9-20)35-17-25(33)23-16-31(2)24-11-7-6-10-22(23)24/h3-16,18H,17H2,1-2H3. The van der Waals surface area contributed by atoms with Crippen molar-refractivity contribution in [2.24, 2.45) is 7.05 Å². The Balaban J connectivity index is 1.42. The molecule has 6 nitrogen and oxygen atoms in total. The molecule has 0 amide bonds. The van der Waals surface area contributed by atoms with Gasteiger partial charge in [0.05, 0.1) is 5.75 Å². The van der Waals surface area contributed by atoms with Crippen molar-refractivity contribution >= 4 is 28.4 Å². The van der Waals surface area contributed by atoms with Gasteiger partial charge in [0, 0.05) is 35.4 Å². The quantitative estimate of drug-likeness (QED) is 0.198. The molecule has 8 heteroatoms. The minimum atomic E-state index is -0.462. The number of carbonyl (C=O) groups excluding carboxylic acids is 1. The van der Waals surface area contributed by atoms with E-state index in [2.05, 4.69) is 10.2 Å². The average Bonchev–Trinajstić information content (AvgIpc) is 3.46. The van der Waals surface area contributed by atoms with Gasteiger partial charge in [-0.2, -0.15) is 0 Å². The fourth-order valence-electron chi connectivity index (χ4n) is 4.00. The van der Waals surface area contributed by atoms with Crippen molar-refractivity contribution in [2.45, 2.75) is 18.2 Å². The van der Waals surface area contributed by atoms with E-state index in [0.717, 1.165) is 16.6 Å². The van der Waals surface area contributed by atoms with Crippen molar-refractivity contribution in [1.82, 2.24) is 19.3 Å². The number of benzene rings is 3. The minimum absolute atomic E-state index is 0.0200. The zero-order valence-corrected chi connectivity index (χ0v) is 20.1. The van der Waals surface area contributed by atoms with Crippen LogP contribution in [0.3, 0.4) is 0 Å². The first-order chi connectivity index (χ1) is 17.0. The molecule has 3 aromatic carbocycles. The lowest BCUT2D eigenvalue weighted by atomic mass is 10.1. The topological polar surface area (TPSA) is 61.9 Å². The molecule has 1 atom stereocenters. The molecule has 2 heterocycles. The third-order valence-corrected chi connectivity index (χ3v) is 6.62. The predicted octanol–water partition coefficient (Wildman–Crippen LogP) is 6.01. The number of ketones is 1. The minimum Gasteiger partial charge on any atom is -0.483 e. The normalized spacial score (nSPS) is 12.1. The summed E-state index contributed by atoms with van der Waals surface area (Å²) in [5, 5.41) is 10.3. The van der Waals surface area contributed by atoms with Crippen LogP contribution >= 0.6 is 11.8 Å². The Hall–Kier alpha value is -3.91. The Morgan fingerprint density at radius 2 is 1.71 bits per heavy atom. The maximum absolute atomic E-state index is 13.3. The van der Waals surface area contributed by atoms with Crippen LogP contribution in [0.4, 0.5) is 4.39 Å². The first-order valence-corrected chi connectivity index (χ1v) is 12.1. The molecule has 0 spiro atoms. The molecule has 35 heavy (non-hydrogen) atoms. The predicted molar refractivity (Wildman–Crippen MR) is 135 cm³/mol. The number of fused-ring (bicyclic) bond motifs is 1. The number of nitrogens with zero attached hydrogens (tertiary/aromatic N) is 4. The van der Waals surface area contributed by atoms with E-state index >= 15 is 0 Å². The largest absolute Gasteiger partial charge is 0.483 e. The van der Waals surface area contributed by atoms with Crippen LogP contribution < -0.4 is 4.74 Å². The average molecular weight is 487 g/mol. The van der Waals surface area contributed by atoms with E-state index in [9.17, 15) is 9.18 Å². The summed E-state index contributed by atoms with van der Waals surface area (Å²) in [6.07, 6.45) is 1.41. The van der Waals surface area contributed by atoms with Gasteiger partial charge in [0.15, 0.2) is 22.9 Å². The van der Waals surface area contributed by atoms with Gasteiger partial charge in [0.2, 0.25) is 0 Å². The summed E-state index contributed by atoms with van der Waals surface area (Å²) in [6, 6.07) is 23.4. The van der Waals surface area contributed by atoms with Crippen molar-refractivity contribution < 1.29 is 13.9 Å². The number of carbonyl (C=O) groups is 1. The van der Waals surface area contributed by atoms with Crippen LogP contribution in [-0.4, -0.2) is 30.9 Å². The number of thioether (sulfide) groups is 1. The van der Waals surface area contributed by atoms with Gasteiger partial charge in [-0.1, -0.05) is 48.2 Å². The van der Waals surface area contributed by atoms with Gasteiger partial charge >= 0.3 is 0 Å². The van der Waals surface area contributed by atoms with Gasteiger partial charge in [-0.05, 0) is 49.4 Å². The fraction of sp³-hybridized carbons (Fsp3) is 0.148. The highest BCUT2D eigenvalue weighted by Gasteiger charge is 2.22. The Kier molecular flexibility index (Phi) is 6.37. The number of aromatic nitrogens is 4. The zero-order valence-electron chi connectivity index (χ0n) is 19.3. The number of halogens is 1. The first-order valence-electron chi connectivity index (χ1n) is 11.1. The third kappa shape index (κ3) is 4.70. The smallest absolute Gasteiger partial charge is 0.196 e. The third-order valence-electron chi connectivity index (χ3n) is 5.69. The van der Waals surface area contributed by atoms with E-state index in [4.69, 9.17) is 4.74 Å². The van der Waals surface area contributed by atoms with Crippen LogP contribution in [0.5, 0.6) is 5.75 Å². The molecule has 0 saturated carbocycles. The molecule has 0 bridgehead atoms. The lowest BCUT2D eigenvalue weighted by Gasteiger charge is -2.16. The van der Waals surface area contributed by atoms with Gasteiger partial charge in [-0.3, -0.25) is 9.36 Å². The second kappa shape index (κ2) is 9.76. The Bertz CT molecular complexity index is 1480. The van der Waals surface area contributed by atoms with Crippen molar-refractivity contribution in [3.8, 4) is 11.4 Å². The summed E-state index contributed by atoms with van der Waals surface area (Å²) in [5.41, 5.74) is 2.57. The summed E-state index contributed by atoms with van der Waals surface area (Å²) in [7, 11) is 1.94. The number of hydrogen-bond acceptors (Lipinski definition) is 5. The van der Waals surface area contributed by atoms with Crippen LogP contribution in [0.25, 0.3) is 16.6 Å². The van der Waals surface area contributed by atoms with E-state index in [1.165, 1.54) is 23.9 Å². The Morgan fingerprint density at radius 3 is 2.49 bits per heavy atom. The molecule has 0 aliphatic rings. The van der Waals surface area contributed by atoms with E-state index in [1.54, 1.807) is 12.1 Å². The fourth-order valence-corrected chi connectivity index (χ4v) is 4.84. The van der Waals surface area contributed by atoms with Crippen LogP contribution in [-0.2, 0) is 7.05 Å². The van der Waals surface area contributed by atoms with Crippen molar-refractivity contribution in [3.05, 3.63) is 102 Å². The van der Waals surface area contributed by atoms with E-state index < -0.39 is 6.10 Å². The number of aryl methyl sites for hydroxylation is 1. The van der Waals surface area contributed by atoms with Gasteiger partial charge in [-0.15, -0.1) is 10.2 Å². The highest BCUT2D eigenvalue weighted by atomic mass is 32.2. The highest BCUT2D eigenvalue weighted by molar-refractivity contribution is 7.99. The van der Waals surface area contributed by atoms with E-state index in [-0.39, 0.29) is 17.4 Å². The Labute approximate surface area is 206 Å². The molecular formula is C27H23FN4O2S. The molecule has 0 radical (unpaired) electrons. The van der Waals surface area contributed by atoms with Crippen molar-refractivity contribution in [2.75, 3.05) is 5.75 Å². The highest BCUT2D eigenvalue weighted by Crippen LogP contribution is 2.29. The van der Waals surface area contributed by atoms with Gasteiger partial charge in [-0.25, -0.2) is 4.39 Å². The number of Topliss-reactive ketones (excluding diaryl/α,β-unsaturated/α-hetero) is 1. The van der Waals surface area contributed by atoms with Crippen LogP contribution in [0.2, 0.25) is 0 Å².